The molecule has 0 amide bonds. The van der Waals surface area contributed by atoms with Crippen LogP contribution in [0, 0.1) is 0 Å². The van der Waals surface area contributed by atoms with E-state index in [1.54, 1.807) is 0 Å². The van der Waals surface area contributed by atoms with Crippen molar-refractivity contribution in [1.82, 2.24) is 0 Å². The maximum Gasteiger partial charge on any atom is 0.0610 e. The number of para-hydroxylation sites is 2. The molecule has 2 fully saturated rings. The van der Waals surface area contributed by atoms with Crippen LogP contribution in [0.15, 0.2) is 24.3 Å². The Hall–Kier alpha value is -1.22. The number of anilines is 2. The summed E-state index contributed by atoms with van der Waals surface area (Å²) in [6, 6.07) is 9.32. The average molecular weight is 260 g/mol. The van der Waals surface area contributed by atoms with Crippen LogP contribution in [0.5, 0.6) is 0 Å². The Morgan fingerprint density at radius 2 is 1.84 bits per heavy atom. The SMILES string of the molecule is COC1CC(Nc2ccccc2N2CCCCC2)C1. The highest BCUT2D eigenvalue weighted by molar-refractivity contribution is 5.70. The van der Waals surface area contributed by atoms with Crippen LogP contribution in [0.1, 0.15) is 32.1 Å². The summed E-state index contributed by atoms with van der Waals surface area (Å²) in [6.07, 6.45) is 6.74. The zero-order valence-corrected chi connectivity index (χ0v) is 11.8. The Kier molecular flexibility index (Phi) is 3.92. The summed E-state index contributed by atoms with van der Waals surface area (Å²) >= 11 is 0. The minimum Gasteiger partial charge on any atom is -0.381 e. The van der Waals surface area contributed by atoms with Gasteiger partial charge in [0.2, 0.25) is 0 Å². The van der Waals surface area contributed by atoms with Crippen LogP contribution in [0.25, 0.3) is 0 Å². The quantitative estimate of drug-likeness (QED) is 0.899. The van der Waals surface area contributed by atoms with Crippen LogP contribution in [-0.2, 0) is 4.74 Å². The van der Waals surface area contributed by atoms with E-state index in [1.165, 1.54) is 43.7 Å². The first-order chi connectivity index (χ1) is 9.36. The van der Waals surface area contributed by atoms with E-state index in [2.05, 4.69) is 34.5 Å². The summed E-state index contributed by atoms with van der Waals surface area (Å²) in [7, 11) is 1.81. The lowest BCUT2D eigenvalue weighted by molar-refractivity contribution is 0.0329. The number of piperidine rings is 1. The van der Waals surface area contributed by atoms with Crippen molar-refractivity contribution in [3.63, 3.8) is 0 Å². The molecule has 1 aliphatic heterocycles. The lowest BCUT2D eigenvalue weighted by atomic mass is 9.89. The molecule has 0 atom stereocenters. The van der Waals surface area contributed by atoms with E-state index in [0.29, 0.717) is 12.1 Å². The van der Waals surface area contributed by atoms with E-state index in [4.69, 9.17) is 4.74 Å². The molecule has 2 aliphatic rings. The minimum atomic E-state index is 0.458. The highest BCUT2D eigenvalue weighted by Gasteiger charge is 2.29. The molecule has 3 rings (SSSR count). The molecule has 0 aromatic heterocycles. The van der Waals surface area contributed by atoms with Crippen molar-refractivity contribution in [2.45, 2.75) is 44.2 Å². The van der Waals surface area contributed by atoms with E-state index in [9.17, 15) is 0 Å². The number of nitrogens with one attached hydrogen (secondary N) is 1. The smallest absolute Gasteiger partial charge is 0.0610 e. The molecule has 3 nitrogen and oxygen atoms in total. The number of hydrogen-bond acceptors (Lipinski definition) is 3. The first-order valence-electron chi connectivity index (χ1n) is 7.50. The van der Waals surface area contributed by atoms with Crippen molar-refractivity contribution >= 4 is 11.4 Å². The topological polar surface area (TPSA) is 24.5 Å². The van der Waals surface area contributed by atoms with E-state index in [1.807, 2.05) is 7.11 Å². The van der Waals surface area contributed by atoms with Gasteiger partial charge in [0, 0.05) is 26.2 Å². The Labute approximate surface area is 115 Å². The molecule has 0 spiro atoms. The number of methoxy groups -OCH3 is 1. The predicted molar refractivity (Wildman–Crippen MR) is 79.9 cm³/mol. The second-order valence-corrected chi connectivity index (χ2v) is 5.74. The Morgan fingerprint density at radius 1 is 1.11 bits per heavy atom. The maximum absolute atomic E-state index is 5.35. The van der Waals surface area contributed by atoms with Gasteiger partial charge in [-0.3, -0.25) is 0 Å². The fourth-order valence-corrected chi connectivity index (χ4v) is 3.10. The van der Waals surface area contributed by atoms with Crippen molar-refractivity contribution in [1.29, 1.82) is 0 Å². The third-order valence-corrected chi connectivity index (χ3v) is 4.39. The van der Waals surface area contributed by atoms with Gasteiger partial charge in [-0.15, -0.1) is 0 Å². The summed E-state index contributed by atoms with van der Waals surface area (Å²) in [5.74, 6) is 0. The molecule has 3 heteroatoms. The van der Waals surface area contributed by atoms with Crippen molar-refractivity contribution < 1.29 is 4.74 Å². The molecule has 19 heavy (non-hydrogen) atoms. The summed E-state index contributed by atoms with van der Waals surface area (Å²) < 4.78 is 5.35. The zero-order valence-electron chi connectivity index (χ0n) is 11.8. The van der Waals surface area contributed by atoms with Crippen LogP contribution in [-0.4, -0.2) is 32.3 Å². The molecule has 1 aromatic carbocycles. The van der Waals surface area contributed by atoms with Crippen LogP contribution < -0.4 is 10.2 Å². The number of rotatable bonds is 4. The van der Waals surface area contributed by atoms with Gasteiger partial charge in [-0.25, -0.2) is 0 Å². The van der Waals surface area contributed by atoms with Crippen LogP contribution >= 0.6 is 0 Å². The maximum atomic E-state index is 5.35. The second kappa shape index (κ2) is 5.83. The first-order valence-corrected chi connectivity index (χ1v) is 7.50. The van der Waals surface area contributed by atoms with Crippen molar-refractivity contribution in [2.75, 3.05) is 30.4 Å². The molecular weight excluding hydrogens is 236 g/mol. The molecule has 1 saturated heterocycles. The third kappa shape index (κ3) is 2.86. The monoisotopic (exact) mass is 260 g/mol. The Balaban J connectivity index is 1.67. The van der Waals surface area contributed by atoms with Crippen LogP contribution in [0.4, 0.5) is 11.4 Å². The molecule has 1 N–H and O–H groups in total. The number of nitrogens with zero attached hydrogens (tertiary/aromatic N) is 1. The highest BCUT2D eigenvalue weighted by Crippen LogP contribution is 2.32. The van der Waals surface area contributed by atoms with Gasteiger partial charge < -0.3 is 15.0 Å². The predicted octanol–water partition coefficient (Wildman–Crippen LogP) is 3.27. The summed E-state index contributed by atoms with van der Waals surface area (Å²) in [6.45, 7) is 2.40. The van der Waals surface area contributed by atoms with Crippen LogP contribution in [0.2, 0.25) is 0 Å². The fraction of sp³-hybridized carbons (Fsp3) is 0.625. The van der Waals surface area contributed by atoms with Gasteiger partial charge in [-0.1, -0.05) is 12.1 Å². The summed E-state index contributed by atoms with van der Waals surface area (Å²) in [5, 5.41) is 3.69. The van der Waals surface area contributed by atoms with Gasteiger partial charge in [0.15, 0.2) is 0 Å². The second-order valence-electron chi connectivity index (χ2n) is 5.74. The lowest BCUT2D eigenvalue weighted by Gasteiger charge is -2.37. The Bertz CT molecular complexity index is 409. The molecule has 1 saturated carbocycles. The number of hydrogen-bond donors (Lipinski definition) is 1. The Morgan fingerprint density at radius 3 is 2.58 bits per heavy atom. The molecule has 0 bridgehead atoms. The zero-order chi connectivity index (χ0) is 13.1. The molecular formula is C16H24N2O. The van der Waals surface area contributed by atoms with E-state index in [0.717, 1.165) is 12.8 Å². The van der Waals surface area contributed by atoms with Gasteiger partial charge in [-0.2, -0.15) is 0 Å². The average Bonchev–Trinajstić information content (AvgIpc) is 2.44. The van der Waals surface area contributed by atoms with E-state index < -0.39 is 0 Å². The largest absolute Gasteiger partial charge is 0.381 e. The van der Waals surface area contributed by atoms with Crippen molar-refractivity contribution in [3.05, 3.63) is 24.3 Å². The highest BCUT2D eigenvalue weighted by atomic mass is 16.5. The molecule has 1 aliphatic carbocycles. The number of benzene rings is 1. The molecule has 0 radical (unpaired) electrons. The molecule has 1 heterocycles. The van der Waals surface area contributed by atoms with Gasteiger partial charge >= 0.3 is 0 Å². The van der Waals surface area contributed by atoms with Gasteiger partial charge in [0.05, 0.1) is 17.5 Å². The van der Waals surface area contributed by atoms with Crippen LogP contribution in [0.3, 0.4) is 0 Å². The van der Waals surface area contributed by atoms with Gasteiger partial charge in [0.1, 0.15) is 0 Å². The standard InChI is InChI=1S/C16H24N2O/c1-19-14-11-13(12-14)17-15-7-3-4-8-16(15)18-9-5-2-6-10-18/h3-4,7-8,13-14,17H,2,5-6,9-12H2,1H3. The number of ether oxygens (including phenoxy) is 1. The molecule has 104 valence electrons. The summed E-state index contributed by atoms with van der Waals surface area (Å²) in [5.41, 5.74) is 2.67. The van der Waals surface area contributed by atoms with Gasteiger partial charge in [0.25, 0.3) is 0 Å². The van der Waals surface area contributed by atoms with E-state index in [-0.39, 0.29) is 0 Å². The third-order valence-electron chi connectivity index (χ3n) is 4.39. The molecule has 1 aromatic rings. The lowest BCUT2D eigenvalue weighted by Crippen LogP contribution is -2.40. The first kappa shape index (κ1) is 12.8. The fourth-order valence-electron chi connectivity index (χ4n) is 3.10. The minimum absolute atomic E-state index is 0.458. The van der Waals surface area contributed by atoms with Crippen molar-refractivity contribution in [3.8, 4) is 0 Å². The normalized spacial score (nSPS) is 26.9. The van der Waals surface area contributed by atoms with E-state index >= 15 is 0 Å². The molecule has 0 unspecified atom stereocenters. The van der Waals surface area contributed by atoms with Crippen molar-refractivity contribution in [2.24, 2.45) is 0 Å². The van der Waals surface area contributed by atoms with Gasteiger partial charge in [-0.05, 0) is 44.2 Å². The summed E-state index contributed by atoms with van der Waals surface area (Å²) in [4.78, 5) is 2.53.